The predicted molar refractivity (Wildman–Crippen MR) is 70.0 cm³/mol. The van der Waals surface area contributed by atoms with E-state index in [9.17, 15) is 9.59 Å². The highest BCUT2D eigenvalue weighted by atomic mass is 16.4. The van der Waals surface area contributed by atoms with Gasteiger partial charge in [0.05, 0.1) is 12.0 Å². The van der Waals surface area contributed by atoms with Crippen LogP contribution in [0.15, 0.2) is 48.8 Å². The average molecular weight is 256 g/mol. The fourth-order valence-electron chi connectivity index (χ4n) is 1.63. The van der Waals surface area contributed by atoms with Crippen LogP contribution in [0.5, 0.6) is 0 Å². The van der Waals surface area contributed by atoms with E-state index in [2.05, 4.69) is 10.3 Å². The lowest BCUT2D eigenvalue weighted by Crippen LogP contribution is -2.12. The number of carbonyl (C=O) groups excluding carboxylic acids is 1. The first-order valence-electron chi connectivity index (χ1n) is 5.67. The smallest absolute Gasteiger partial charge is 0.307 e. The highest BCUT2D eigenvalue weighted by Gasteiger charge is 2.07. The van der Waals surface area contributed by atoms with Gasteiger partial charge in [0.1, 0.15) is 0 Å². The van der Waals surface area contributed by atoms with Crippen molar-refractivity contribution in [2.75, 3.05) is 5.32 Å². The highest BCUT2D eigenvalue weighted by Crippen LogP contribution is 2.12. The number of amides is 1. The highest BCUT2D eigenvalue weighted by molar-refractivity contribution is 6.04. The van der Waals surface area contributed by atoms with Gasteiger partial charge in [-0.05, 0) is 29.8 Å². The van der Waals surface area contributed by atoms with Crippen LogP contribution >= 0.6 is 0 Å². The van der Waals surface area contributed by atoms with Crippen LogP contribution in [0, 0.1) is 0 Å². The van der Waals surface area contributed by atoms with Crippen LogP contribution in [0.25, 0.3) is 0 Å². The van der Waals surface area contributed by atoms with Crippen molar-refractivity contribution in [3.8, 4) is 0 Å². The monoisotopic (exact) mass is 256 g/mol. The predicted octanol–water partition coefficient (Wildman–Crippen LogP) is 1.96. The molecule has 0 saturated carbocycles. The summed E-state index contributed by atoms with van der Waals surface area (Å²) in [5, 5.41) is 11.4. The van der Waals surface area contributed by atoms with Gasteiger partial charge in [-0.2, -0.15) is 0 Å². The third-order valence-electron chi connectivity index (χ3n) is 2.46. The summed E-state index contributed by atoms with van der Waals surface area (Å²) in [7, 11) is 0. The number of hydrogen-bond acceptors (Lipinski definition) is 3. The summed E-state index contributed by atoms with van der Waals surface area (Å²) >= 11 is 0. The van der Waals surface area contributed by atoms with E-state index in [0.29, 0.717) is 16.8 Å². The molecule has 0 aliphatic carbocycles. The molecular formula is C14H12N2O3. The van der Waals surface area contributed by atoms with Crippen LogP contribution < -0.4 is 5.32 Å². The number of rotatable bonds is 4. The molecule has 1 aromatic carbocycles. The first kappa shape index (κ1) is 12.8. The van der Waals surface area contributed by atoms with Crippen molar-refractivity contribution in [3.63, 3.8) is 0 Å². The van der Waals surface area contributed by atoms with E-state index < -0.39 is 5.97 Å². The van der Waals surface area contributed by atoms with Crippen LogP contribution in [0.2, 0.25) is 0 Å². The quantitative estimate of drug-likeness (QED) is 0.876. The zero-order chi connectivity index (χ0) is 13.7. The Kier molecular flexibility index (Phi) is 3.87. The number of carboxylic acid groups (broad SMARTS) is 1. The first-order valence-corrected chi connectivity index (χ1v) is 5.67. The van der Waals surface area contributed by atoms with E-state index in [1.54, 1.807) is 42.6 Å². The number of nitrogens with one attached hydrogen (secondary N) is 1. The van der Waals surface area contributed by atoms with Gasteiger partial charge >= 0.3 is 5.97 Å². The Morgan fingerprint density at radius 2 is 2.05 bits per heavy atom. The van der Waals surface area contributed by atoms with E-state index in [4.69, 9.17) is 5.11 Å². The molecule has 1 amide bonds. The molecule has 0 saturated heterocycles. The van der Waals surface area contributed by atoms with E-state index in [-0.39, 0.29) is 12.3 Å². The van der Waals surface area contributed by atoms with Crippen molar-refractivity contribution in [3.05, 3.63) is 59.9 Å². The van der Waals surface area contributed by atoms with Gasteiger partial charge in [0.15, 0.2) is 0 Å². The zero-order valence-electron chi connectivity index (χ0n) is 10.0. The molecule has 0 aliphatic rings. The van der Waals surface area contributed by atoms with Crippen molar-refractivity contribution in [1.29, 1.82) is 0 Å². The van der Waals surface area contributed by atoms with Gasteiger partial charge in [-0.15, -0.1) is 0 Å². The number of carbonyl (C=O) groups is 2. The topological polar surface area (TPSA) is 79.3 Å². The zero-order valence-corrected chi connectivity index (χ0v) is 10.0. The Labute approximate surface area is 109 Å². The third-order valence-corrected chi connectivity index (χ3v) is 2.46. The van der Waals surface area contributed by atoms with Crippen molar-refractivity contribution >= 4 is 17.6 Å². The molecule has 1 aromatic heterocycles. The number of carboxylic acids is 1. The summed E-state index contributed by atoms with van der Waals surface area (Å²) in [6.45, 7) is 0. The summed E-state index contributed by atoms with van der Waals surface area (Å²) in [5.41, 5.74) is 1.65. The number of aromatic nitrogens is 1. The maximum atomic E-state index is 11.9. The normalized spacial score (nSPS) is 9.89. The Hall–Kier alpha value is -2.69. The number of anilines is 1. The standard InChI is InChI=1S/C14H12N2O3/c17-13(18)8-10-3-1-5-12(7-10)16-14(19)11-4-2-6-15-9-11/h1-7,9H,8H2,(H,16,19)(H,17,18). The Morgan fingerprint density at radius 3 is 2.74 bits per heavy atom. The number of nitrogens with zero attached hydrogens (tertiary/aromatic N) is 1. The van der Waals surface area contributed by atoms with Gasteiger partial charge in [-0.1, -0.05) is 12.1 Å². The number of benzene rings is 1. The molecule has 5 heteroatoms. The molecule has 0 atom stereocenters. The molecule has 0 radical (unpaired) electrons. The van der Waals surface area contributed by atoms with E-state index in [1.807, 2.05) is 0 Å². The molecule has 19 heavy (non-hydrogen) atoms. The van der Waals surface area contributed by atoms with Crippen LogP contribution in [0.3, 0.4) is 0 Å². The minimum Gasteiger partial charge on any atom is -0.481 e. The lowest BCUT2D eigenvalue weighted by Gasteiger charge is -2.06. The van der Waals surface area contributed by atoms with Crippen LogP contribution in [0.4, 0.5) is 5.69 Å². The fourth-order valence-corrected chi connectivity index (χ4v) is 1.63. The van der Waals surface area contributed by atoms with Crippen LogP contribution in [0.1, 0.15) is 15.9 Å². The first-order chi connectivity index (χ1) is 9.15. The summed E-state index contributed by atoms with van der Waals surface area (Å²) in [6.07, 6.45) is 2.98. The van der Waals surface area contributed by atoms with Gasteiger partial charge < -0.3 is 10.4 Å². The number of hydrogen-bond donors (Lipinski definition) is 2. The van der Waals surface area contributed by atoms with Crippen molar-refractivity contribution < 1.29 is 14.7 Å². The molecule has 2 aromatic rings. The van der Waals surface area contributed by atoms with Gasteiger partial charge in [0.25, 0.3) is 5.91 Å². The van der Waals surface area contributed by atoms with Gasteiger partial charge in [0.2, 0.25) is 0 Å². The molecule has 2 N–H and O–H groups in total. The minimum atomic E-state index is -0.907. The molecule has 0 fully saturated rings. The molecule has 0 spiro atoms. The Bertz CT molecular complexity index is 597. The lowest BCUT2D eigenvalue weighted by molar-refractivity contribution is -0.136. The summed E-state index contributed by atoms with van der Waals surface area (Å²) in [4.78, 5) is 26.4. The molecule has 1 heterocycles. The molecule has 0 bridgehead atoms. The maximum absolute atomic E-state index is 11.9. The van der Waals surface area contributed by atoms with Gasteiger partial charge in [0, 0.05) is 18.1 Å². The second kappa shape index (κ2) is 5.77. The Morgan fingerprint density at radius 1 is 1.21 bits per heavy atom. The molecule has 5 nitrogen and oxygen atoms in total. The molecule has 2 rings (SSSR count). The molecule has 0 unspecified atom stereocenters. The SMILES string of the molecule is O=C(O)Cc1cccc(NC(=O)c2cccnc2)c1. The largest absolute Gasteiger partial charge is 0.481 e. The second-order valence-electron chi connectivity index (χ2n) is 3.97. The van der Waals surface area contributed by atoms with Crippen molar-refractivity contribution in [2.45, 2.75) is 6.42 Å². The van der Waals surface area contributed by atoms with Crippen LogP contribution in [-0.2, 0) is 11.2 Å². The summed E-state index contributed by atoms with van der Waals surface area (Å²) < 4.78 is 0. The maximum Gasteiger partial charge on any atom is 0.307 e. The van der Waals surface area contributed by atoms with Gasteiger partial charge in [-0.25, -0.2) is 0 Å². The van der Waals surface area contributed by atoms with Gasteiger partial charge in [-0.3, -0.25) is 14.6 Å². The minimum absolute atomic E-state index is 0.0728. The fraction of sp³-hybridized carbons (Fsp3) is 0.0714. The lowest BCUT2D eigenvalue weighted by atomic mass is 10.1. The second-order valence-corrected chi connectivity index (χ2v) is 3.97. The Balaban J connectivity index is 2.11. The number of pyridine rings is 1. The molecular weight excluding hydrogens is 244 g/mol. The third kappa shape index (κ3) is 3.64. The van der Waals surface area contributed by atoms with Crippen molar-refractivity contribution in [2.24, 2.45) is 0 Å². The molecule has 0 aliphatic heterocycles. The van der Waals surface area contributed by atoms with Crippen molar-refractivity contribution in [1.82, 2.24) is 4.98 Å². The van der Waals surface area contributed by atoms with E-state index in [1.165, 1.54) is 6.20 Å². The van der Waals surface area contributed by atoms with E-state index in [0.717, 1.165) is 0 Å². The number of aliphatic carboxylic acids is 1. The average Bonchev–Trinajstić information content (AvgIpc) is 2.39. The van der Waals surface area contributed by atoms with E-state index >= 15 is 0 Å². The summed E-state index contributed by atoms with van der Waals surface area (Å²) in [5.74, 6) is -1.18. The summed E-state index contributed by atoms with van der Waals surface area (Å²) in [6, 6.07) is 10.1. The van der Waals surface area contributed by atoms with Crippen LogP contribution in [-0.4, -0.2) is 22.0 Å². The molecule has 96 valence electrons.